The SMILES string of the molecule is S=CNC1CCCN2c3cc(Cl)ccc3Oc3ccccc3C12. The number of benzene rings is 2. The van der Waals surface area contributed by atoms with Gasteiger partial charge in [0.2, 0.25) is 0 Å². The van der Waals surface area contributed by atoms with Crippen molar-refractivity contribution >= 4 is 35.0 Å². The van der Waals surface area contributed by atoms with E-state index in [4.69, 9.17) is 28.6 Å². The van der Waals surface area contributed by atoms with Gasteiger partial charge in [0, 0.05) is 17.1 Å². The summed E-state index contributed by atoms with van der Waals surface area (Å²) >= 11 is 11.3. The number of hydrogen-bond acceptors (Lipinski definition) is 3. The molecule has 2 aliphatic rings. The molecule has 2 unspecified atom stereocenters. The van der Waals surface area contributed by atoms with Gasteiger partial charge >= 0.3 is 0 Å². The molecular formula is C18H17ClN2OS. The second-order valence-electron chi connectivity index (χ2n) is 5.92. The van der Waals surface area contributed by atoms with Gasteiger partial charge in [-0.1, -0.05) is 42.0 Å². The van der Waals surface area contributed by atoms with Crippen molar-refractivity contribution in [3.05, 3.63) is 53.1 Å². The molecule has 3 nitrogen and oxygen atoms in total. The molecule has 0 saturated carbocycles. The second kappa shape index (κ2) is 6.02. The van der Waals surface area contributed by atoms with Crippen molar-refractivity contribution in [2.24, 2.45) is 0 Å². The highest BCUT2D eigenvalue weighted by atomic mass is 35.5. The van der Waals surface area contributed by atoms with Gasteiger partial charge in [-0.3, -0.25) is 0 Å². The molecule has 2 aliphatic heterocycles. The number of para-hydroxylation sites is 1. The number of thiocarbonyl (C=S) groups is 1. The van der Waals surface area contributed by atoms with Crippen LogP contribution in [0.4, 0.5) is 5.69 Å². The van der Waals surface area contributed by atoms with Crippen LogP contribution in [-0.2, 0) is 0 Å². The van der Waals surface area contributed by atoms with E-state index in [1.807, 2.05) is 30.3 Å². The molecule has 1 saturated heterocycles. The summed E-state index contributed by atoms with van der Waals surface area (Å²) in [5.74, 6) is 1.76. The molecule has 23 heavy (non-hydrogen) atoms. The van der Waals surface area contributed by atoms with Crippen LogP contribution in [-0.4, -0.2) is 18.1 Å². The summed E-state index contributed by atoms with van der Waals surface area (Å²) < 4.78 is 6.21. The van der Waals surface area contributed by atoms with Gasteiger partial charge in [-0.2, -0.15) is 0 Å². The van der Waals surface area contributed by atoms with E-state index < -0.39 is 0 Å². The van der Waals surface area contributed by atoms with Gasteiger partial charge in [-0.05, 0) is 37.1 Å². The molecule has 118 valence electrons. The number of anilines is 1. The average molecular weight is 345 g/mol. The second-order valence-corrected chi connectivity index (χ2v) is 6.60. The fraction of sp³-hybridized carbons (Fsp3) is 0.278. The van der Waals surface area contributed by atoms with E-state index in [1.165, 1.54) is 5.56 Å². The molecule has 2 aromatic carbocycles. The van der Waals surface area contributed by atoms with Crippen LogP contribution in [0, 0.1) is 0 Å². The van der Waals surface area contributed by atoms with Gasteiger partial charge < -0.3 is 15.0 Å². The lowest BCUT2D eigenvalue weighted by Gasteiger charge is -2.42. The van der Waals surface area contributed by atoms with Crippen LogP contribution in [0.25, 0.3) is 0 Å². The van der Waals surface area contributed by atoms with Crippen LogP contribution in [0.15, 0.2) is 42.5 Å². The fourth-order valence-electron chi connectivity index (χ4n) is 3.65. The molecule has 1 N–H and O–H groups in total. The molecular weight excluding hydrogens is 328 g/mol. The third-order valence-corrected chi connectivity index (χ3v) is 4.97. The minimum absolute atomic E-state index is 0.180. The molecule has 4 rings (SSSR count). The quantitative estimate of drug-likeness (QED) is 0.798. The molecule has 5 heteroatoms. The van der Waals surface area contributed by atoms with E-state index in [0.29, 0.717) is 0 Å². The highest BCUT2D eigenvalue weighted by Crippen LogP contribution is 2.48. The van der Waals surface area contributed by atoms with Crippen LogP contribution >= 0.6 is 23.8 Å². The van der Waals surface area contributed by atoms with Crippen LogP contribution in [0.5, 0.6) is 11.5 Å². The van der Waals surface area contributed by atoms with E-state index in [1.54, 1.807) is 5.49 Å². The van der Waals surface area contributed by atoms with Crippen LogP contribution in [0.2, 0.25) is 5.02 Å². The van der Waals surface area contributed by atoms with Gasteiger partial charge in [0.15, 0.2) is 5.75 Å². The van der Waals surface area contributed by atoms with Crippen molar-refractivity contribution in [2.75, 3.05) is 11.4 Å². The Morgan fingerprint density at radius 2 is 2.09 bits per heavy atom. The van der Waals surface area contributed by atoms with Gasteiger partial charge in [0.25, 0.3) is 0 Å². The summed E-state index contributed by atoms with van der Waals surface area (Å²) in [6, 6.07) is 14.5. The number of rotatable bonds is 2. The predicted molar refractivity (Wildman–Crippen MR) is 97.9 cm³/mol. The van der Waals surface area contributed by atoms with Crippen molar-refractivity contribution in [3.63, 3.8) is 0 Å². The molecule has 0 aromatic heterocycles. The summed E-state index contributed by atoms with van der Waals surface area (Å²) in [6.45, 7) is 0.977. The first kappa shape index (κ1) is 14.8. The van der Waals surface area contributed by atoms with Crippen molar-refractivity contribution in [3.8, 4) is 11.5 Å². The summed E-state index contributed by atoms with van der Waals surface area (Å²) in [7, 11) is 0. The number of piperidine rings is 1. The van der Waals surface area contributed by atoms with Gasteiger partial charge in [0.05, 0.1) is 23.3 Å². The monoisotopic (exact) mass is 344 g/mol. The first-order valence-electron chi connectivity index (χ1n) is 7.80. The highest BCUT2D eigenvalue weighted by Gasteiger charge is 2.37. The third kappa shape index (κ3) is 2.56. The van der Waals surface area contributed by atoms with Crippen molar-refractivity contribution in [1.82, 2.24) is 5.32 Å². The van der Waals surface area contributed by atoms with Crippen molar-refractivity contribution in [1.29, 1.82) is 0 Å². The Labute approximate surface area is 146 Å². The van der Waals surface area contributed by atoms with Gasteiger partial charge in [0.1, 0.15) is 5.75 Å². The Morgan fingerprint density at radius 1 is 1.22 bits per heavy atom. The third-order valence-electron chi connectivity index (χ3n) is 4.60. The topological polar surface area (TPSA) is 24.5 Å². The van der Waals surface area contributed by atoms with E-state index in [0.717, 1.165) is 41.6 Å². The van der Waals surface area contributed by atoms with Crippen LogP contribution < -0.4 is 15.0 Å². The standard InChI is InChI=1S/C18H17ClN2OS/c19-12-7-8-17-15(10-12)21-9-3-5-14(20-11-23)18(21)13-4-1-2-6-16(13)22-17/h1-2,4,6-8,10-11,14,18H,3,5,9H2,(H,20,23). The van der Waals surface area contributed by atoms with Crippen LogP contribution in [0.1, 0.15) is 24.4 Å². The first-order valence-corrected chi connectivity index (χ1v) is 8.65. The molecule has 2 aromatic rings. The average Bonchev–Trinajstić information content (AvgIpc) is 2.70. The number of halogens is 1. The smallest absolute Gasteiger partial charge is 0.150 e. The van der Waals surface area contributed by atoms with E-state index in [-0.39, 0.29) is 12.1 Å². The van der Waals surface area contributed by atoms with E-state index in [2.05, 4.69) is 22.3 Å². The lowest BCUT2D eigenvalue weighted by molar-refractivity contribution is 0.385. The molecule has 0 amide bonds. The normalized spacial score (nSPS) is 22.0. The number of nitrogens with zero attached hydrogens (tertiary/aromatic N) is 1. The zero-order chi connectivity index (χ0) is 15.8. The Kier molecular flexibility index (Phi) is 3.87. The number of nitrogens with one attached hydrogen (secondary N) is 1. The minimum atomic E-state index is 0.180. The summed E-state index contributed by atoms with van der Waals surface area (Å²) in [6.07, 6.45) is 2.18. The molecule has 0 radical (unpaired) electrons. The van der Waals surface area contributed by atoms with Crippen molar-refractivity contribution in [2.45, 2.75) is 24.9 Å². The molecule has 2 atom stereocenters. The Bertz CT molecular complexity index is 752. The maximum Gasteiger partial charge on any atom is 0.150 e. The lowest BCUT2D eigenvalue weighted by Crippen LogP contribution is -2.47. The van der Waals surface area contributed by atoms with Crippen molar-refractivity contribution < 1.29 is 4.74 Å². The molecule has 0 spiro atoms. The zero-order valence-electron chi connectivity index (χ0n) is 12.5. The van der Waals surface area contributed by atoms with Crippen LogP contribution in [0.3, 0.4) is 0 Å². The maximum absolute atomic E-state index is 6.25. The van der Waals surface area contributed by atoms with Gasteiger partial charge in [-0.15, -0.1) is 0 Å². The van der Waals surface area contributed by atoms with E-state index in [9.17, 15) is 0 Å². The molecule has 0 aliphatic carbocycles. The summed E-state index contributed by atoms with van der Waals surface area (Å²) in [5.41, 5.74) is 3.87. The number of fused-ring (bicyclic) bond motifs is 5. The minimum Gasteiger partial charge on any atom is -0.455 e. The van der Waals surface area contributed by atoms with Gasteiger partial charge in [-0.25, -0.2) is 0 Å². The van der Waals surface area contributed by atoms with E-state index >= 15 is 0 Å². The largest absolute Gasteiger partial charge is 0.455 e. The molecule has 2 heterocycles. The summed E-state index contributed by atoms with van der Waals surface area (Å²) in [5, 5.41) is 4.08. The molecule has 0 bridgehead atoms. The Morgan fingerprint density at radius 3 is 2.96 bits per heavy atom. The lowest BCUT2D eigenvalue weighted by atomic mass is 9.89. The maximum atomic E-state index is 6.25. The Balaban J connectivity index is 1.91. The zero-order valence-corrected chi connectivity index (χ0v) is 14.1. The molecule has 1 fully saturated rings. The number of ether oxygens (including phenoxy) is 1. The Hall–Kier alpha value is -1.78. The first-order chi connectivity index (χ1) is 11.3. The fourth-order valence-corrected chi connectivity index (χ4v) is 3.99. The number of hydrogen-bond donors (Lipinski definition) is 1. The predicted octanol–water partition coefficient (Wildman–Crippen LogP) is 4.70. The highest BCUT2D eigenvalue weighted by molar-refractivity contribution is 7.78. The summed E-state index contributed by atoms with van der Waals surface area (Å²) in [4.78, 5) is 2.40.